The zero-order valence-corrected chi connectivity index (χ0v) is 12.1. The first kappa shape index (κ1) is 14.3. The van der Waals surface area contributed by atoms with Crippen molar-refractivity contribution >= 4 is 5.78 Å². The average Bonchev–Trinajstić information content (AvgIpc) is 2.43. The smallest absolute Gasteiger partial charge is 0.140 e. The number of rotatable bonds is 4. The van der Waals surface area contributed by atoms with Crippen molar-refractivity contribution in [1.82, 2.24) is 0 Å². The molecular weight excluding hydrogens is 234 g/mol. The van der Waals surface area contributed by atoms with Gasteiger partial charge in [0, 0.05) is 12.3 Å². The Kier molecular flexibility index (Phi) is 4.76. The predicted molar refractivity (Wildman–Crippen MR) is 79.1 cm³/mol. The highest BCUT2D eigenvalue weighted by Gasteiger charge is 2.25. The van der Waals surface area contributed by atoms with E-state index in [-0.39, 0.29) is 5.92 Å². The van der Waals surface area contributed by atoms with Crippen molar-refractivity contribution in [3.05, 3.63) is 34.9 Å². The molecule has 0 aliphatic heterocycles. The summed E-state index contributed by atoms with van der Waals surface area (Å²) in [5, 5.41) is 0. The Morgan fingerprint density at radius 3 is 2.26 bits per heavy atom. The number of carbonyl (C=O) groups is 1. The van der Waals surface area contributed by atoms with Crippen LogP contribution in [0.25, 0.3) is 0 Å². The Bertz CT molecular complexity index is 424. The summed E-state index contributed by atoms with van der Waals surface area (Å²) < 4.78 is 0. The predicted octanol–water partition coefficient (Wildman–Crippen LogP) is 3.18. The number of nitrogens with two attached hydrogens (primary N) is 1. The number of aryl methyl sites for hydroxylation is 2. The molecule has 0 atom stereocenters. The van der Waals surface area contributed by atoms with Gasteiger partial charge >= 0.3 is 0 Å². The van der Waals surface area contributed by atoms with Crippen LogP contribution in [0.4, 0.5) is 0 Å². The van der Waals surface area contributed by atoms with E-state index in [0.717, 1.165) is 32.2 Å². The van der Waals surface area contributed by atoms with E-state index in [9.17, 15) is 4.79 Å². The first-order valence-electron chi connectivity index (χ1n) is 7.39. The van der Waals surface area contributed by atoms with Gasteiger partial charge in [0.15, 0.2) is 0 Å². The first-order valence-corrected chi connectivity index (χ1v) is 7.39. The zero-order chi connectivity index (χ0) is 13.8. The summed E-state index contributed by atoms with van der Waals surface area (Å²) in [5.41, 5.74) is 9.41. The molecule has 104 valence electrons. The third-order valence-corrected chi connectivity index (χ3v) is 4.63. The van der Waals surface area contributed by atoms with Gasteiger partial charge in [-0.3, -0.25) is 4.79 Å². The minimum atomic E-state index is 0.266. The molecule has 0 amide bonds. The lowest BCUT2D eigenvalue weighted by molar-refractivity contribution is -0.123. The Morgan fingerprint density at radius 2 is 1.74 bits per heavy atom. The second-order valence-corrected chi connectivity index (χ2v) is 5.97. The normalized spacial score (nSPS) is 23.3. The van der Waals surface area contributed by atoms with E-state index in [0.29, 0.717) is 18.1 Å². The standard InChI is InChI=1S/C17H25NO/c1-12-4-3-5-13(2)16(12)10-17(19)15-8-6-14(11-18)7-9-15/h3-5,14-15H,6-11,18H2,1-2H3. The monoisotopic (exact) mass is 259 g/mol. The number of carbonyl (C=O) groups excluding carboxylic acids is 1. The summed E-state index contributed by atoms with van der Waals surface area (Å²) >= 11 is 0. The molecule has 1 aliphatic carbocycles. The maximum atomic E-state index is 12.4. The molecule has 2 heteroatoms. The fourth-order valence-electron chi connectivity index (χ4n) is 3.17. The van der Waals surface area contributed by atoms with E-state index < -0.39 is 0 Å². The van der Waals surface area contributed by atoms with Crippen LogP contribution >= 0.6 is 0 Å². The summed E-state index contributed by atoms with van der Waals surface area (Å²) in [4.78, 5) is 12.4. The maximum Gasteiger partial charge on any atom is 0.140 e. The van der Waals surface area contributed by atoms with Crippen molar-refractivity contribution in [1.29, 1.82) is 0 Å². The van der Waals surface area contributed by atoms with Crippen LogP contribution in [0.2, 0.25) is 0 Å². The third kappa shape index (κ3) is 3.44. The van der Waals surface area contributed by atoms with Crippen molar-refractivity contribution < 1.29 is 4.79 Å². The van der Waals surface area contributed by atoms with Crippen LogP contribution in [-0.2, 0) is 11.2 Å². The fourth-order valence-corrected chi connectivity index (χ4v) is 3.17. The van der Waals surface area contributed by atoms with Crippen LogP contribution in [0, 0.1) is 25.7 Å². The average molecular weight is 259 g/mol. The molecule has 1 saturated carbocycles. The highest BCUT2D eigenvalue weighted by atomic mass is 16.1. The van der Waals surface area contributed by atoms with Crippen molar-refractivity contribution in [2.45, 2.75) is 46.0 Å². The summed E-state index contributed by atoms with van der Waals surface area (Å²) in [6.45, 7) is 4.97. The largest absolute Gasteiger partial charge is 0.330 e. The second-order valence-electron chi connectivity index (χ2n) is 5.97. The Hall–Kier alpha value is -1.15. The van der Waals surface area contributed by atoms with Crippen LogP contribution < -0.4 is 5.73 Å². The lowest BCUT2D eigenvalue weighted by atomic mass is 9.78. The van der Waals surface area contributed by atoms with Gasteiger partial charge < -0.3 is 5.73 Å². The van der Waals surface area contributed by atoms with Crippen LogP contribution in [0.3, 0.4) is 0 Å². The van der Waals surface area contributed by atoms with Crippen LogP contribution in [0.15, 0.2) is 18.2 Å². The lowest BCUT2D eigenvalue weighted by Crippen LogP contribution is -2.26. The molecule has 1 aromatic rings. The molecule has 0 radical (unpaired) electrons. The summed E-state index contributed by atoms with van der Waals surface area (Å²) in [7, 11) is 0. The van der Waals surface area contributed by atoms with Gasteiger partial charge in [0.1, 0.15) is 5.78 Å². The molecule has 0 heterocycles. The molecule has 0 bridgehead atoms. The van der Waals surface area contributed by atoms with Crippen LogP contribution in [0.1, 0.15) is 42.4 Å². The number of hydrogen-bond acceptors (Lipinski definition) is 2. The van der Waals surface area contributed by atoms with Crippen molar-refractivity contribution in [3.8, 4) is 0 Å². The summed E-state index contributed by atoms with van der Waals surface area (Å²) in [6.07, 6.45) is 4.92. The van der Waals surface area contributed by atoms with Crippen molar-refractivity contribution in [2.75, 3.05) is 6.54 Å². The first-order chi connectivity index (χ1) is 9.11. The number of benzene rings is 1. The molecule has 0 unspecified atom stereocenters. The molecule has 0 spiro atoms. The van der Waals surface area contributed by atoms with Gasteiger partial charge in [0.2, 0.25) is 0 Å². The molecule has 1 aromatic carbocycles. The van der Waals surface area contributed by atoms with Gasteiger partial charge in [-0.2, -0.15) is 0 Å². The summed E-state index contributed by atoms with van der Waals surface area (Å²) in [6, 6.07) is 6.26. The van der Waals surface area contributed by atoms with Gasteiger partial charge in [-0.05, 0) is 68.7 Å². The van der Waals surface area contributed by atoms with E-state index >= 15 is 0 Å². The fraction of sp³-hybridized carbons (Fsp3) is 0.588. The maximum absolute atomic E-state index is 12.4. The van der Waals surface area contributed by atoms with Crippen LogP contribution in [0.5, 0.6) is 0 Å². The molecule has 1 aliphatic rings. The lowest BCUT2D eigenvalue weighted by Gasteiger charge is -2.27. The molecule has 0 saturated heterocycles. The SMILES string of the molecule is Cc1cccc(C)c1CC(=O)C1CCC(CN)CC1. The number of ketones is 1. The van der Waals surface area contributed by atoms with Crippen molar-refractivity contribution in [2.24, 2.45) is 17.6 Å². The van der Waals surface area contributed by atoms with E-state index in [4.69, 9.17) is 5.73 Å². The second kappa shape index (κ2) is 6.33. The Labute approximate surface area is 116 Å². The summed E-state index contributed by atoms with van der Waals surface area (Å²) in [5.74, 6) is 1.33. The van der Waals surface area contributed by atoms with Gasteiger partial charge in [0.05, 0.1) is 0 Å². The van der Waals surface area contributed by atoms with E-state index in [1.54, 1.807) is 0 Å². The van der Waals surface area contributed by atoms with Gasteiger partial charge in [0.25, 0.3) is 0 Å². The highest BCUT2D eigenvalue weighted by molar-refractivity contribution is 5.84. The van der Waals surface area contributed by atoms with E-state index in [2.05, 4.69) is 32.0 Å². The zero-order valence-electron chi connectivity index (χ0n) is 12.1. The molecular formula is C17H25NO. The third-order valence-electron chi connectivity index (χ3n) is 4.63. The quantitative estimate of drug-likeness (QED) is 0.902. The minimum Gasteiger partial charge on any atom is -0.330 e. The van der Waals surface area contributed by atoms with Gasteiger partial charge in [-0.1, -0.05) is 18.2 Å². The van der Waals surface area contributed by atoms with Gasteiger partial charge in [-0.25, -0.2) is 0 Å². The molecule has 2 nitrogen and oxygen atoms in total. The molecule has 2 N–H and O–H groups in total. The van der Waals surface area contributed by atoms with Crippen LogP contribution in [-0.4, -0.2) is 12.3 Å². The Balaban J connectivity index is 1.98. The van der Waals surface area contributed by atoms with Gasteiger partial charge in [-0.15, -0.1) is 0 Å². The van der Waals surface area contributed by atoms with E-state index in [1.165, 1.54) is 16.7 Å². The van der Waals surface area contributed by atoms with Crippen molar-refractivity contribution in [3.63, 3.8) is 0 Å². The number of hydrogen-bond donors (Lipinski definition) is 1. The molecule has 1 fully saturated rings. The Morgan fingerprint density at radius 1 is 1.16 bits per heavy atom. The van der Waals surface area contributed by atoms with E-state index in [1.807, 2.05) is 0 Å². The molecule has 2 rings (SSSR count). The minimum absolute atomic E-state index is 0.266. The molecule has 0 aromatic heterocycles. The highest BCUT2D eigenvalue weighted by Crippen LogP contribution is 2.30. The number of Topliss-reactive ketones (excluding diaryl/α,β-unsaturated/α-hetero) is 1. The molecule has 19 heavy (non-hydrogen) atoms. The topological polar surface area (TPSA) is 43.1 Å².